The maximum atomic E-state index is 13.0. The Balaban J connectivity index is 1.69. The number of hydrogen-bond acceptors (Lipinski definition) is 5. The zero-order valence-corrected chi connectivity index (χ0v) is 18.0. The molecule has 8 nitrogen and oxygen atoms in total. The van der Waals surface area contributed by atoms with E-state index < -0.39 is 5.91 Å². The van der Waals surface area contributed by atoms with Gasteiger partial charge in [-0.25, -0.2) is 14.5 Å². The Morgan fingerprint density at radius 3 is 2.87 bits per heavy atom. The Labute approximate surface area is 179 Å². The van der Waals surface area contributed by atoms with Gasteiger partial charge in [0.15, 0.2) is 18.7 Å². The van der Waals surface area contributed by atoms with Gasteiger partial charge < -0.3 is 5.32 Å². The van der Waals surface area contributed by atoms with Gasteiger partial charge in [0.2, 0.25) is 6.21 Å². The maximum absolute atomic E-state index is 13.0. The number of aromatic nitrogens is 3. The van der Waals surface area contributed by atoms with Gasteiger partial charge in [-0.3, -0.25) is 4.79 Å². The molecule has 0 bridgehead atoms. The van der Waals surface area contributed by atoms with E-state index in [9.17, 15) is 4.79 Å². The number of nitrogens with one attached hydrogen (secondary N) is 2. The molecule has 30 heavy (non-hydrogen) atoms. The lowest BCUT2D eigenvalue weighted by Crippen LogP contribution is -2.26. The van der Waals surface area contributed by atoms with Crippen LogP contribution in [0.15, 0.2) is 47.7 Å². The molecule has 0 radical (unpaired) electrons. The van der Waals surface area contributed by atoms with Gasteiger partial charge in [0.25, 0.3) is 5.91 Å². The highest BCUT2D eigenvalue weighted by molar-refractivity contribution is 6.35. The minimum Gasteiger partial charge on any atom is -0.365 e. The maximum Gasteiger partial charge on any atom is 0.283 e. The number of nitrogens with zero attached hydrogens (tertiary/aromatic N) is 5. The minimum atomic E-state index is -0.402. The monoisotopic (exact) mass is 424 g/mol. The fourth-order valence-electron chi connectivity index (χ4n) is 3.26. The summed E-state index contributed by atoms with van der Waals surface area (Å²) in [7, 11) is 1.85. The van der Waals surface area contributed by atoms with E-state index in [4.69, 9.17) is 11.6 Å². The van der Waals surface area contributed by atoms with E-state index in [0.717, 1.165) is 5.56 Å². The van der Waals surface area contributed by atoms with Crippen LogP contribution in [0.1, 0.15) is 42.7 Å². The van der Waals surface area contributed by atoms with Crippen molar-refractivity contribution in [3.63, 3.8) is 0 Å². The fraction of sp³-hybridized carbons (Fsp3) is 0.286. The summed E-state index contributed by atoms with van der Waals surface area (Å²) in [5.74, 6) is 0.267. The number of carbonyl (C=O) groups excluding carboxylic acids is 1. The molecule has 0 fully saturated rings. The zero-order chi connectivity index (χ0) is 21.5. The molecule has 9 heteroatoms. The van der Waals surface area contributed by atoms with E-state index in [1.165, 1.54) is 6.20 Å². The molecule has 0 aliphatic carbocycles. The first kappa shape index (κ1) is 20.0. The second-order valence-electron chi connectivity index (χ2n) is 8.21. The second-order valence-corrected chi connectivity index (χ2v) is 8.65. The van der Waals surface area contributed by atoms with Crippen LogP contribution in [0.5, 0.6) is 0 Å². The number of aliphatic imine (C=N–C) groups is 1. The van der Waals surface area contributed by atoms with E-state index >= 15 is 0 Å². The van der Waals surface area contributed by atoms with Gasteiger partial charge in [-0.2, -0.15) is 10.5 Å². The number of benzene rings is 1. The molecule has 1 unspecified atom stereocenters. The predicted molar refractivity (Wildman–Crippen MR) is 118 cm³/mol. The number of amides is 1. The number of rotatable bonds is 3. The van der Waals surface area contributed by atoms with Crippen LogP contribution in [-0.4, -0.2) is 49.7 Å². The molecule has 0 saturated heterocycles. The molecule has 2 N–H and O–H groups in total. The summed E-state index contributed by atoms with van der Waals surface area (Å²) in [6, 6.07) is 9.03. The molecule has 4 rings (SSSR count). The number of hydrazone groups is 1. The number of halogens is 1. The summed E-state index contributed by atoms with van der Waals surface area (Å²) in [4.78, 5) is 22.0. The summed E-state index contributed by atoms with van der Waals surface area (Å²) in [6.45, 7) is 6.13. The number of hydrazine groups is 1. The molecule has 1 atom stereocenters. The number of anilines is 1. The second kappa shape index (κ2) is 7.53. The van der Waals surface area contributed by atoms with Crippen molar-refractivity contribution in [1.29, 1.82) is 0 Å². The van der Waals surface area contributed by atoms with Crippen LogP contribution in [-0.2, 0) is 0 Å². The molecule has 2 aromatic heterocycles. The third kappa shape index (κ3) is 4.18. The molecule has 1 aromatic carbocycles. The van der Waals surface area contributed by atoms with E-state index in [1.54, 1.807) is 21.6 Å². The third-order valence-electron chi connectivity index (χ3n) is 4.47. The van der Waals surface area contributed by atoms with Crippen molar-refractivity contribution in [1.82, 2.24) is 20.0 Å². The number of fused-ring (bicyclic) bond motifs is 1. The van der Waals surface area contributed by atoms with Crippen LogP contribution < -0.4 is 10.7 Å². The first-order chi connectivity index (χ1) is 14.2. The predicted octanol–water partition coefficient (Wildman–Crippen LogP) is 3.15. The first-order valence-electron chi connectivity index (χ1n) is 9.54. The Morgan fingerprint density at radius 2 is 2.13 bits per heavy atom. The van der Waals surface area contributed by atoms with Gasteiger partial charge in [0, 0.05) is 16.8 Å². The lowest BCUT2D eigenvalue weighted by Gasteiger charge is -2.21. The van der Waals surface area contributed by atoms with Crippen molar-refractivity contribution in [2.24, 2.45) is 4.99 Å². The molecular weight excluding hydrogens is 402 g/mol. The Bertz CT molecular complexity index is 1190. The molecule has 3 heterocycles. The quantitative estimate of drug-likeness (QED) is 0.631. The van der Waals surface area contributed by atoms with Crippen LogP contribution in [0.3, 0.4) is 0 Å². The van der Waals surface area contributed by atoms with Crippen molar-refractivity contribution in [2.45, 2.75) is 32.4 Å². The SMILES string of the molecule is C[N+]1=CC(=NC(=O)c2cnn3ccc(NC(C)(C)C)nc23)C(c2cccc(Cl)c2)N1. The van der Waals surface area contributed by atoms with Crippen molar-refractivity contribution in [2.75, 3.05) is 12.4 Å². The van der Waals surface area contributed by atoms with Crippen molar-refractivity contribution < 1.29 is 9.48 Å². The summed E-state index contributed by atoms with van der Waals surface area (Å²) < 4.78 is 3.34. The van der Waals surface area contributed by atoms with Gasteiger partial charge in [-0.05, 0) is 44.5 Å². The molecule has 0 saturated carbocycles. The molecule has 1 aliphatic rings. The average Bonchev–Trinajstić information content (AvgIpc) is 3.23. The topological polar surface area (TPSA) is 86.7 Å². The first-order valence-corrected chi connectivity index (χ1v) is 9.92. The van der Waals surface area contributed by atoms with Gasteiger partial charge in [-0.1, -0.05) is 23.7 Å². The number of carbonyl (C=O) groups is 1. The van der Waals surface area contributed by atoms with Crippen molar-refractivity contribution in [3.8, 4) is 0 Å². The average molecular weight is 425 g/mol. The normalized spacial score (nSPS) is 17.8. The van der Waals surface area contributed by atoms with Crippen LogP contribution in [0, 0.1) is 0 Å². The smallest absolute Gasteiger partial charge is 0.283 e. The highest BCUT2D eigenvalue weighted by Crippen LogP contribution is 2.22. The summed E-state index contributed by atoms with van der Waals surface area (Å²) >= 11 is 6.14. The molecule has 1 aliphatic heterocycles. The third-order valence-corrected chi connectivity index (χ3v) is 4.70. The van der Waals surface area contributed by atoms with Crippen LogP contribution >= 0.6 is 11.6 Å². The highest BCUT2D eigenvalue weighted by atomic mass is 35.5. The van der Waals surface area contributed by atoms with Gasteiger partial charge in [0.05, 0.1) is 6.20 Å². The Morgan fingerprint density at radius 1 is 1.33 bits per heavy atom. The van der Waals surface area contributed by atoms with E-state index in [-0.39, 0.29) is 11.6 Å². The van der Waals surface area contributed by atoms with E-state index in [0.29, 0.717) is 27.8 Å². The van der Waals surface area contributed by atoms with E-state index in [1.807, 2.05) is 58.2 Å². The molecule has 1 amide bonds. The molecule has 0 spiro atoms. The van der Waals surface area contributed by atoms with E-state index in [2.05, 4.69) is 25.8 Å². The molecule has 154 valence electrons. The minimum absolute atomic E-state index is 0.158. The fourth-order valence-corrected chi connectivity index (χ4v) is 3.45. The summed E-state index contributed by atoms with van der Waals surface area (Å²) in [6.07, 6.45) is 5.05. The molecule has 3 aromatic rings. The zero-order valence-electron chi connectivity index (χ0n) is 17.2. The summed E-state index contributed by atoms with van der Waals surface area (Å²) in [5.41, 5.74) is 5.41. The van der Waals surface area contributed by atoms with Crippen LogP contribution in [0.2, 0.25) is 5.02 Å². The van der Waals surface area contributed by atoms with Crippen LogP contribution in [0.4, 0.5) is 5.82 Å². The van der Waals surface area contributed by atoms with Gasteiger partial charge in [-0.15, -0.1) is 4.68 Å². The largest absolute Gasteiger partial charge is 0.365 e. The lowest BCUT2D eigenvalue weighted by atomic mass is 10.0. The van der Waals surface area contributed by atoms with Gasteiger partial charge in [0.1, 0.15) is 17.1 Å². The van der Waals surface area contributed by atoms with Crippen molar-refractivity contribution in [3.05, 3.63) is 58.9 Å². The van der Waals surface area contributed by atoms with Gasteiger partial charge >= 0.3 is 0 Å². The number of hydrogen-bond donors (Lipinski definition) is 2. The Hall–Kier alpha value is -3.26. The molecular formula is C21H23ClN7O+. The van der Waals surface area contributed by atoms with Crippen molar-refractivity contribution >= 4 is 40.9 Å². The summed E-state index contributed by atoms with van der Waals surface area (Å²) in [5, 5.41) is 8.17. The van der Waals surface area contributed by atoms with Crippen LogP contribution in [0.25, 0.3) is 5.65 Å². The lowest BCUT2D eigenvalue weighted by molar-refractivity contribution is -0.552. The highest BCUT2D eigenvalue weighted by Gasteiger charge is 2.30. The standard InChI is InChI=1S/C21H22ClN7O/c1-21(2,3)26-17-8-9-29-19(25-17)15(11-23-29)20(30)24-16-12-28(4)27-18(16)13-6-5-7-14(22)10-13/h5-12,18H,1-4H3,(H-,23,24,25,26,27,30)/p+1. The Kier molecular flexibility index (Phi) is 5.03.